The third-order valence-electron chi connectivity index (χ3n) is 9.80. The SMILES string of the molecule is Cc1c(C)c(C(=O)Oc2c(C)c(O)c(C)c(C)c2Sc2c(C)c(C)c(O)c(C)c2OC(=O)c2c(C)c(C)c(O)c(C)c2O)c(O)c(C)c1O. The van der Waals surface area contributed by atoms with E-state index in [9.17, 15) is 40.2 Å². The molecule has 0 atom stereocenters. The summed E-state index contributed by atoms with van der Waals surface area (Å²) in [6.45, 7) is 19.4. The highest BCUT2D eigenvalue weighted by Gasteiger charge is 2.31. The Bertz CT molecular complexity index is 1900. The van der Waals surface area contributed by atoms with Gasteiger partial charge in [-0.3, -0.25) is 0 Å². The van der Waals surface area contributed by atoms with Gasteiger partial charge in [0.05, 0.1) is 9.79 Å². The summed E-state index contributed by atoms with van der Waals surface area (Å²) in [6.07, 6.45) is 0. The Hall–Kier alpha value is -5.03. The normalized spacial score (nSPS) is 11.2. The topological polar surface area (TPSA) is 174 Å². The van der Waals surface area contributed by atoms with Crippen LogP contribution in [0.5, 0.6) is 46.0 Å². The van der Waals surface area contributed by atoms with Crippen LogP contribution in [0, 0.1) is 83.1 Å². The van der Waals surface area contributed by atoms with Crippen molar-refractivity contribution >= 4 is 23.7 Å². The van der Waals surface area contributed by atoms with Gasteiger partial charge in [0.2, 0.25) is 0 Å². The molecule has 49 heavy (non-hydrogen) atoms. The minimum Gasteiger partial charge on any atom is -0.507 e. The predicted octanol–water partition coefficient (Wildman–Crippen LogP) is 8.21. The van der Waals surface area contributed by atoms with Gasteiger partial charge in [0, 0.05) is 22.3 Å². The van der Waals surface area contributed by atoms with Gasteiger partial charge >= 0.3 is 11.9 Å². The Kier molecular flexibility index (Phi) is 9.85. The number of ether oxygens (including phenoxy) is 2. The third kappa shape index (κ3) is 5.86. The zero-order chi connectivity index (χ0) is 37.1. The molecule has 0 unspecified atom stereocenters. The Morgan fingerprint density at radius 2 is 0.633 bits per heavy atom. The van der Waals surface area contributed by atoms with Crippen molar-refractivity contribution < 1.29 is 49.7 Å². The molecule has 0 aliphatic carbocycles. The van der Waals surface area contributed by atoms with Gasteiger partial charge in [0.1, 0.15) is 45.6 Å². The van der Waals surface area contributed by atoms with Crippen molar-refractivity contribution in [1.29, 1.82) is 0 Å². The molecule has 0 saturated carbocycles. The molecule has 0 bridgehead atoms. The molecule has 0 fully saturated rings. The number of esters is 2. The molecule has 11 heteroatoms. The lowest BCUT2D eigenvalue weighted by molar-refractivity contribution is 0.0715. The molecular formula is C38H42O10S. The van der Waals surface area contributed by atoms with E-state index >= 15 is 0 Å². The van der Waals surface area contributed by atoms with Crippen molar-refractivity contribution in [2.45, 2.75) is 92.9 Å². The first-order chi connectivity index (χ1) is 22.7. The molecule has 0 amide bonds. The number of phenolic OH excluding ortho intramolecular Hbond substituents is 6. The van der Waals surface area contributed by atoms with Crippen molar-refractivity contribution in [3.63, 3.8) is 0 Å². The van der Waals surface area contributed by atoms with Gasteiger partial charge < -0.3 is 40.1 Å². The summed E-state index contributed by atoms with van der Waals surface area (Å²) in [7, 11) is 0. The van der Waals surface area contributed by atoms with Crippen molar-refractivity contribution in [1.82, 2.24) is 0 Å². The van der Waals surface area contributed by atoms with Crippen molar-refractivity contribution in [3.8, 4) is 46.0 Å². The molecule has 0 saturated heterocycles. The zero-order valence-electron chi connectivity index (χ0n) is 29.7. The molecular weight excluding hydrogens is 648 g/mol. The molecule has 0 spiro atoms. The quantitative estimate of drug-likeness (QED) is 0.0850. The van der Waals surface area contributed by atoms with Crippen LogP contribution < -0.4 is 9.47 Å². The van der Waals surface area contributed by atoms with Crippen LogP contribution in [-0.4, -0.2) is 42.6 Å². The summed E-state index contributed by atoms with van der Waals surface area (Å²) in [6, 6.07) is 0. The summed E-state index contributed by atoms with van der Waals surface area (Å²) < 4.78 is 11.9. The molecule has 0 aliphatic rings. The fraction of sp³-hybridized carbons (Fsp3) is 0.316. The predicted molar refractivity (Wildman–Crippen MR) is 187 cm³/mol. The van der Waals surface area contributed by atoms with Crippen LogP contribution in [0.25, 0.3) is 0 Å². The van der Waals surface area contributed by atoms with E-state index in [1.807, 2.05) is 0 Å². The first kappa shape index (κ1) is 36.8. The molecule has 0 aliphatic heterocycles. The minimum atomic E-state index is -0.917. The van der Waals surface area contributed by atoms with Gasteiger partial charge in [-0.2, -0.15) is 0 Å². The van der Waals surface area contributed by atoms with E-state index in [1.165, 1.54) is 13.8 Å². The molecule has 6 N–H and O–H groups in total. The molecule has 260 valence electrons. The lowest BCUT2D eigenvalue weighted by Gasteiger charge is -2.23. The Morgan fingerprint density at radius 1 is 0.367 bits per heavy atom. The number of hydrogen-bond acceptors (Lipinski definition) is 11. The maximum absolute atomic E-state index is 13.8. The summed E-state index contributed by atoms with van der Waals surface area (Å²) in [5.41, 5.74) is 3.97. The van der Waals surface area contributed by atoms with Crippen LogP contribution in [0.1, 0.15) is 87.5 Å². The summed E-state index contributed by atoms with van der Waals surface area (Å²) in [4.78, 5) is 28.3. The van der Waals surface area contributed by atoms with Crippen molar-refractivity contribution in [2.24, 2.45) is 0 Å². The van der Waals surface area contributed by atoms with Crippen LogP contribution in [0.15, 0.2) is 9.79 Å². The van der Waals surface area contributed by atoms with E-state index in [1.54, 1.807) is 69.2 Å². The second-order valence-corrected chi connectivity index (χ2v) is 13.6. The third-order valence-corrected chi connectivity index (χ3v) is 11.2. The van der Waals surface area contributed by atoms with Gasteiger partial charge in [-0.15, -0.1) is 0 Å². The van der Waals surface area contributed by atoms with Gasteiger partial charge in [-0.05, 0) is 128 Å². The lowest BCUT2D eigenvalue weighted by atomic mass is 9.97. The van der Waals surface area contributed by atoms with E-state index in [4.69, 9.17) is 9.47 Å². The Labute approximate surface area is 289 Å². The van der Waals surface area contributed by atoms with Crippen molar-refractivity contribution in [3.05, 3.63) is 77.9 Å². The second-order valence-electron chi connectivity index (χ2n) is 12.5. The Balaban J connectivity index is 1.94. The molecule has 0 aromatic heterocycles. The number of carbonyl (C=O) groups is 2. The fourth-order valence-corrected chi connectivity index (χ4v) is 7.17. The molecule has 4 aromatic carbocycles. The van der Waals surface area contributed by atoms with E-state index in [2.05, 4.69) is 0 Å². The zero-order valence-corrected chi connectivity index (χ0v) is 30.5. The summed E-state index contributed by atoms with van der Waals surface area (Å²) >= 11 is 1.10. The summed E-state index contributed by atoms with van der Waals surface area (Å²) in [5.74, 6) is -3.19. The monoisotopic (exact) mass is 690 g/mol. The summed E-state index contributed by atoms with van der Waals surface area (Å²) in [5, 5.41) is 64.6. The number of rotatable bonds is 6. The maximum atomic E-state index is 13.8. The minimum absolute atomic E-state index is 0.00360. The number of aromatic hydroxyl groups is 6. The van der Waals surface area contributed by atoms with E-state index in [0.29, 0.717) is 54.3 Å². The van der Waals surface area contributed by atoms with Crippen LogP contribution in [0.4, 0.5) is 0 Å². The average molecular weight is 691 g/mol. The number of hydrogen-bond donors (Lipinski definition) is 6. The van der Waals surface area contributed by atoms with Crippen LogP contribution >= 0.6 is 11.8 Å². The van der Waals surface area contributed by atoms with E-state index in [-0.39, 0.29) is 67.9 Å². The van der Waals surface area contributed by atoms with Crippen LogP contribution in [-0.2, 0) is 0 Å². The smallest absolute Gasteiger partial charge is 0.347 e. The molecule has 0 radical (unpaired) electrons. The highest BCUT2D eigenvalue weighted by molar-refractivity contribution is 7.99. The largest absolute Gasteiger partial charge is 0.507 e. The Morgan fingerprint density at radius 3 is 0.939 bits per heavy atom. The number of phenols is 6. The highest BCUT2D eigenvalue weighted by atomic mass is 32.2. The molecule has 4 rings (SSSR count). The number of carbonyl (C=O) groups excluding carboxylic acids is 2. The standard InChI is InChI=1S/C38H42O10S/c1-13-15(3)27(39)21(9)31(43)25(13)37(45)47-33-23(11)29(41)17(5)19(7)35(33)49-36-20(8)18(6)30(42)24(12)34(36)48-38(46)26-14(2)16(4)28(40)22(10)32(26)44/h39-44H,1-12H3. The molecule has 0 heterocycles. The van der Waals surface area contributed by atoms with Gasteiger partial charge in [-0.1, -0.05) is 11.8 Å². The average Bonchev–Trinajstić information content (AvgIpc) is 3.06. The van der Waals surface area contributed by atoms with E-state index in [0.717, 1.165) is 11.8 Å². The van der Waals surface area contributed by atoms with Crippen LogP contribution in [0.3, 0.4) is 0 Å². The van der Waals surface area contributed by atoms with E-state index < -0.39 is 23.4 Å². The molecule has 4 aromatic rings. The second kappa shape index (κ2) is 13.1. The van der Waals surface area contributed by atoms with Crippen LogP contribution in [0.2, 0.25) is 0 Å². The molecule has 10 nitrogen and oxygen atoms in total. The first-order valence-electron chi connectivity index (χ1n) is 15.5. The highest BCUT2D eigenvalue weighted by Crippen LogP contribution is 2.52. The number of benzene rings is 4. The van der Waals surface area contributed by atoms with Gasteiger partial charge in [-0.25, -0.2) is 9.59 Å². The van der Waals surface area contributed by atoms with Gasteiger partial charge in [0.15, 0.2) is 11.5 Å². The fourth-order valence-electron chi connectivity index (χ4n) is 5.78. The lowest BCUT2D eigenvalue weighted by Crippen LogP contribution is -2.15. The maximum Gasteiger partial charge on any atom is 0.347 e. The first-order valence-corrected chi connectivity index (χ1v) is 16.3. The van der Waals surface area contributed by atoms with Gasteiger partial charge in [0.25, 0.3) is 0 Å². The van der Waals surface area contributed by atoms with Crippen molar-refractivity contribution in [2.75, 3.05) is 0 Å².